The van der Waals surface area contributed by atoms with Gasteiger partial charge in [-0.15, -0.1) is 0 Å². The molecule has 0 saturated carbocycles. The quantitative estimate of drug-likeness (QED) is 0.0165. The standard InChI is InChI=1S/C65H84N4O11S/c1-11-13-15-17-19-21-23-25-33-77-60(71)46-35-48(41-49(36-46)67-62(73)79-64(5,6)7)66-59(70)54-39-45-40-55(53-32-28-30-44(4)57(53)58(45)56-43(3)29-27-31-52(54)56)81(75,76)69-51-38-47(37-50(42-51)68-63(74)80-65(8,9)10)61(72)78-34-26-24-22-20-18-16-14-12-2/h27-32,35-42,69H,11-26,33-34H2,1-10H3,(H,66,70)(H,67,73)(H,68,74). The maximum Gasteiger partial charge on any atom is 0.412 e. The molecule has 4 N–H and O–H groups in total. The molecule has 0 unspecified atom stereocenters. The average Bonchev–Trinajstić information content (AvgIpc) is 3.37. The van der Waals surface area contributed by atoms with Crippen LogP contribution in [0.1, 0.15) is 200 Å². The number of amides is 3. The highest BCUT2D eigenvalue weighted by Gasteiger charge is 2.26. The summed E-state index contributed by atoms with van der Waals surface area (Å²) in [5.41, 5.74) is 0.648. The lowest BCUT2D eigenvalue weighted by atomic mass is 9.89. The van der Waals surface area contributed by atoms with Crippen molar-refractivity contribution in [2.75, 3.05) is 33.9 Å². The SMILES string of the molecule is CCCCCCCCCCOC(=O)c1cc(NC(=O)OC(C)(C)C)cc(NC(=O)c2cc3cc(S(=O)(=O)Nc4cc(NC(=O)OC(C)(C)C)cc(C(=O)OCCCCCCCCCC)c4)c4cccc(C)c4c3c3c(C)cccc23)c1. The van der Waals surface area contributed by atoms with Crippen molar-refractivity contribution in [2.24, 2.45) is 0 Å². The lowest BCUT2D eigenvalue weighted by Gasteiger charge is -2.20. The molecule has 6 rings (SSSR count). The van der Waals surface area contributed by atoms with Gasteiger partial charge in [-0.2, -0.15) is 0 Å². The normalized spacial score (nSPS) is 11.8. The molecule has 6 aromatic carbocycles. The first-order valence-corrected chi connectivity index (χ1v) is 30.3. The fraction of sp³-hybridized carbons (Fsp3) is 0.462. The number of carbonyl (C=O) groups excluding carboxylic acids is 5. The van der Waals surface area contributed by atoms with E-state index in [1.54, 1.807) is 59.7 Å². The first-order chi connectivity index (χ1) is 38.5. The van der Waals surface area contributed by atoms with Gasteiger partial charge in [-0.25, -0.2) is 27.6 Å². The lowest BCUT2D eigenvalue weighted by molar-refractivity contribution is 0.0488. The molecule has 0 heterocycles. The summed E-state index contributed by atoms with van der Waals surface area (Å²) in [6, 6.07) is 22.8. The molecule has 0 saturated heterocycles. The number of hydrogen-bond acceptors (Lipinski definition) is 11. The highest BCUT2D eigenvalue weighted by atomic mass is 32.2. The number of benzene rings is 6. The number of esters is 2. The predicted octanol–water partition coefficient (Wildman–Crippen LogP) is 17.1. The zero-order valence-electron chi connectivity index (χ0n) is 49.2. The van der Waals surface area contributed by atoms with Gasteiger partial charge in [0, 0.05) is 28.0 Å². The number of ether oxygens (including phenoxy) is 4. The number of anilines is 4. The summed E-state index contributed by atoms with van der Waals surface area (Å²) in [5, 5.41) is 11.8. The van der Waals surface area contributed by atoms with Gasteiger partial charge in [-0.1, -0.05) is 140 Å². The third kappa shape index (κ3) is 18.7. The molecular formula is C65H84N4O11S. The minimum atomic E-state index is -4.54. The van der Waals surface area contributed by atoms with Gasteiger partial charge in [0.1, 0.15) is 11.2 Å². The molecule has 0 aliphatic rings. The summed E-state index contributed by atoms with van der Waals surface area (Å²) >= 11 is 0. The molecule has 0 fully saturated rings. The van der Waals surface area contributed by atoms with Crippen LogP contribution >= 0.6 is 0 Å². The third-order valence-corrected chi connectivity index (χ3v) is 15.0. The Kier molecular flexibility index (Phi) is 22.5. The van der Waals surface area contributed by atoms with Crippen LogP contribution in [0.25, 0.3) is 32.3 Å². The van der Waals surface area contributed by atoms with Crippen LogP contribution in [-0.4, -0.2) is 62.9 Å². The maximum absolute atomic E-state index is 15.1. The molecule has 436 valence electrons. The third-order valence-electron chi connectivity index (χ3n) is 13.6. The Bertz CT molecular complexity index is 3320. The molecule has 0 aromatic heterocycles. The van der Waals surface area contributed by atoms with Crippen LogP contribution in [0, 0.1) is 13.8 Å². The topological polar surface area (TPSA) is 205 Å². The molecule has 15 nitrogen and oxygen atoms in total. The van der Waals surface area contributed by atoms with Gasteiger partial charge in [-0.3, -0.25) is 20.2 Å². The van der Waals surface area contributed by atoms with Crippen LogP contribution in [0.4, 0.5) is 32.3 Å². The van der Waals surface area contributed by atoms with Crippen molar-refractivity contribution < 1.29 is 51.3 Å². The monoisotopic (exact) mass is 1130 g/mol. The van der Waals surface area contributed by atoms with Crippen LogP contribution in [-0.2, 0) is 29.0 Å². The van der Waals surface area contributed by atoms with Crippen molar-refractivity contribution in [3.05, 3.63) is 113 Å². The van der Waals surface area contributed by atoms with Crippen molar-refractivity contribution in [2.45, 2.75) is 188 Å². The van der Waals surface area contributed by atoms with Gasteiger partial charge in [0.15, 0.2) is 0 Å². The number of rotatable bonds is 27. The molecule has 6 aromatic rings. The fourth-order valence-electron chi connectivity index (χ4n) is 9.88. The van der Waals surface area contributed by atoms with E-state index in [4.69, 9.17) is 18.9 Å². The summed E-state index contributed by atoms with van der Waals surface area (Å²) in [5.74, 6) is -1.90. The molecule has 0 atom stereocenters. The zero-order chi connectivity index (χ0) is 58.9. The van der Waals surface area contributed by atoms with E-state index in [-0.39, 0.29) is 57.5 Å². The Balaban J connectivity index is 1.36. The number of carbonyl (C=O) groups is 5. The summed E-state index contributed by atoms with van der Waals surface area (Å²) in [6.07, 6.45) is 15.5. The van der Waals surface area contributed by atoms with Gasteiger partial charge in [0.05, 0.1) is 34.9 Å². The highest BCUT2D eigenvalue weighted by Crippen LogP contribution is 2.41. The van der Waals surface area contributed by atoms with E-state index < -0.39 is 51.3 Å². The Morgan fingerprint density at radius 3 is 1.35 bits per heavy atom. The lowest BCUT2D eigenvalue weighted by Crippen LogP contribution is -2.27. The number of aryl methyl sites for hydroxylation is 2. The molecule has 0 bridgehead atoms. The van der Waals surface area contributed by atoms with E-state index in [1.807, 2.05) is 38.1 Å². The van der Waals surface area contributed by atoms with E-state index in [0.29, 0.717) is 34.4 Å². The molecule has 16 heteroatoms. The Morgan fingerprint density at radius 1 is 0.469 bits per heavy atom. The van der Waals surface area contributed by atoms with Crippen molar-refractivity contribution in [1.29, 1.82) is 0 Å². The average molecular weight is 1130 g/mol. The van der Waals surface area contributed by atoms with E-state index >= 15 is 8.42 Å². The van der Waals surface area contributed by atoms with Crippen LogP contribution in [0.3, 0.4) is 0 Å². The molecular weight excluding hydrogens is 1040 g/mol. The van der Waals surface area contributed by atoms with E-state index in [0.717, 1.165) is 60.4 Å². The van der Waals surface area contributed by atoms with Gasteiger partial charge >= 0.3 is 24.1 Å². The fourth-order valence-corrected chi connectivity index (χ4v) is 11.2. The van der Waals surface area contributed by atoms with Gasteiger partial charge in [-0.05, 0) is 155 Å². The van der Waals surface area contributed by atoms with Gasteiger partial charge < -0.3 is 24.3 Å². The Labute approximate surface area is 479 Å². The number of unbranched alkanes of at least 4 members (excludes halogenated alkanes) is 14. The summed E-state index contributed by atoms with van der Waals surface area (Å²) < 4.78 is 55.2. The molecule has 0 aliphatic carbocycles. The summed E-state index contributed by atoms with van der Waals surface area (Å²) in [7, 11) is -4.54. The van der Waals surface area contributed by atoms with E-state index in [9.17, 15) is 24.0 Å². The second-order valence-electron chi connectivity index (χ2n) is 23.0. The second-order valence-corrected chi connectivity index (χ2v) is 24.7. The smallest absolute Gasteiger partial charge is 0.412 e. The van der Waals surface area contributed by atoms with Gasteiger partial charge in [0.25, 0.3) is 15.9 Å². The largest absolute Gasteiger partial charge is 0.462 e. The molecule has 81 heavy (non-hydrogen) atoms. The summed E-state index contributed by atoms with van der Waals surface area (Å²) in [6.45, 7) is 18.9. The van der Waals surface area contributed by atoms with Crippen LogP contribution < -0.4 is 20.7 Å². The minimum Gasteiger partial charge on any atom is -0.462 e. The number of fused-ring (bicyclic) bond motifs is 5. The first-order valence-electron chi connectivity index (χ1n) is 28.8. The van der Waals surface area contributed by atoms with Crippen molar-refractivity contribution in [3.8, 4) is 0 Å². The number of hydrogen-bond donors (Lipinski definition) is 4. The maximum atomic E-state index is 15.1. The van der Waals surface area contributed by atoms with E-state index in [1.165, 1.54) is 93.8 Å². The first kappa shape index (κ1) is 63.0. The van der Waals surface area contributed by atoms with Crippen LogP contribution in [0.2, 0.25) is 0 Å². The Morgan fingerprint density at radius 2 is 0.877 bits per heavy atom. The molecule has 0 radical (unpaired) electrons. The van der Waals surface area contributed by atoms with Crippen LogP contribution in [0.15, 0.2) is 89.8 Å². The van der Waals surface area contributed by atoms with Crippen molar-refractivity contribution in [3.63, 3.8) is 0 Å². The molecule has 0 aliphatic heterocycles. The number of sulfonamides is 1. The Hall–Kier alpha value is -7.20. The highest BCUT2D eigenvalue weighted by molar-refractivity contribution is 7.93. The number of nitrogens with one attached hydrogen (secondary N) is 4. The van der Waals surface area contributed by atoms with Gasteiger partial charge in [0.2, 0.25) is 0 Å². The minimum absolute atomic E-state index is 0.00612. The molecule has 0 spiro atoms. The van der Waals surface area contributed by atoms with Crippen molar-refractivity contribution >= 4 is 95.1 Å². The predicted molar refractivity (Wildman–Crippen MR) is 326 cm³/mol. The van der Waals surface area contributed by atoms with Crippen LogP contribution in [0.5, 0.6) is 0 Å². The van der Waals surface area contributed by atoms with Crippen molar-refractivity contribution in [1.82, 2.24) is 0 Å². The zero-order valence-corrected chi connectivity index (χ0v) is 50.0. The summed E-state index contributed by atoms with van der Waals surface area (Å²) in [4.78, 5) is 68.1. The second kappa shape index (κ2) is 29.0. The van der Waals surface area contributed by atoms with E-state index in [2.05, 4.69) is 34.5 Å². The molecule has 3 amide bonds.